The molecule has 0 N–H and O–H groups in total. The number of fused-ring (bicyclic) bond motifs is 1. The van der Waals surface area contributed by atoms with E-state index in [0.29, 0.717) is 0 Å². The quantitative estimate of drug-likeness (QED) is 0.559. The van der Waals surface area contributed by atoms with Gasteiger partial charge in [-0.2, -0.15) is 0 Å². The molecule has 5 atom stereocenters. The Morgan fingerprint density at radius 2 is 2.07 bits per heavy atom. The maximum Gasteiger partial charge on any atom is -0.0102 e. The van der Waals surface area contributed by atoms with Gasteiger partial charge in [-0.05, 0) is 54.3 Å². The van der Waals surface area contributed by atoms with Crippen molar-refractivity contribution in [3.8, 4) is 0 Å². The van der Waals surface area contributed by atoms with E-state index in [2.05, 4.69) is 33.8 Å². The van der Waals surface area contributed by atoms with Gasteiger partial charge in [-0.3, -0.25) is 0 Å². The Labute approximate surface area is 94.1 Å². The van der Waals surface area contributed by atoms with E-state index in [4.69, 9.17) is 0 Å². The zero-order valence-electron chi connectivity index (χ0n) is 10.6. The fourth-order valence-electron chi connectivity index (χ4n) is 4.98. The van der Waals surface area contributed by atoms with Gasteiger partial charge in [0.25, 0.3) is 0 Å². The number of hydrogen-bond donors (Lipinski definition) is 0. The molecule has 1 unspecified atom stereocenters. The Morgan fingerprint density at radius 1 is 1.33 bits per heavy atom. The minimum Gasteiger partial charge on any atom is -0.0845 e. The predicted molar refractivity (Wildman–Crippen MR) is 64.5 cm³/mol. The molecule has 0 aromatic carbocycles. The average molecular weight is 204 g/mol. The summed E-state index contributed by atoms with van der Waals surface area (Å²) in [6, 6.07) is 0. The summed E-state index contributed by atoms with van der Waals surface area (Å²) < 4.78 is 0. The van der Waals surface area contributed by atoms with Crippen molar-refractivity contribution >= 4 is 0 Å². The van der Waals surface area contributed by atoms with Gasteiger partial charge < -0.3 is 0 Å². The van der Waals surface area contributed by atoms with Crippen molar-refractivity contribution in [2.75, 3.05) is 0 Å². The highest BCUT2D eigenvalue weighted by Gasteiger charge is 2.72. The maximum atomic E-state index is 2.58. The molecule has 0 saturated heterocycles. The second-order valence-corrected chi connectivity index (χ2v) is 6.63. The van der Waals surface area contributed by atoms with E-state index >= 15 is 0 Å². The van der Waals surface area contributed by atoms with Gasteiger partial charge in [-0.1, -0.05) is 39.3 Å². The first-order valence-corrected chi connectivity index (χ1v) is 6.79. The van der Waals surface area contributed by atoms with Crippen LogP contribution in [0.5, 0.6) is 0 Å². The lowest BCUT2D eigenvalue weighted by molar-refractivity contribution is 0.283. The van der Waals surface area contributed by atoms with Gasteiger partial charge in [-0.25, -0.2) is 0 Å². The topological polar surface area (TPSA) is 0 Å². The van der Waals surface area contributed by atoms with E-state index in [0.717, 1.165) is 35.0 Å². The van der Waals surface area contributed by atoms with Crippen LogP contribution in [0.4, 0.5) is 0 Å². The monoisotopic (exact) mass is 204 g/mol. The smallest absolute Gasteiger partial charge is 0.0102 e. The third-order valence-electron chi connectivity index (χ3n) is 5.75. The number of rotatable bonds is 1. The Balaban J connectivity index is 1.96. The van der Waals surface area contributed by atoms with Crippen LogP contribution in [0.25, 0.3) is 0 Å². The third kappa shape index (κ3) is 1.04. The first-order valence-electron chi connectivity index (χ1n) is 6.79. The second kappa shape index (κ2) is 2.90. The van der Waals surface area contributed by atoms with Gasteiger partial charge in [0.1, 0.15) is 0 Å². The molecule has 15 heavy (non-hydrogen) atoms. The van der Waals surface area contributed by atoms with Gasteiger partial charge in [0, 0.05) is 0 Å². The largest absolute Gasteiger partial charge is 0.0845 e. The van der Waals surface area contributed by atoms with E-state index in [1.54, 1.807) is 0 Å². The fraction of sp³-hybridized carbons (Fsp3) is 0.867. The summed E-state index contributed by atoms with van der Waals surface area (Å²) in [5, 5.41) is 0. The summed E-state index contributed by atoms with van der Waals surface area (Å²) in [5.41, 5.74) is 2.58. The van der Waals surface area contributed by atoms with E-state index < -0.39 is 0 Å². The highest BCUT2D eigenvalue weighted by Crippen LogP contribution is 2.78. The first kappa shape index (κ1) is 9.93. The highest BCUT2D eigenvalue weighted by molar-refractivity contribution is 5.34. The van der Waals surface area contributed by atoms with E-state index in [1.807, 2.05) is 5.57 Å². The highest BCUT2D eigenvalue weighted by atomic mass is 14.8. The van der Waals surface area contributed by atoms with Crippen LogP contribution in [0.1, 0.15) is 47.0 Å². The molecule has 1 spiro atoms. The molecule has 0 radical (unpaired) electrons. The molecule has 0 amide bonds. The Kier molecular flexibility index (Phi) is 1.92. The average Bonchev–Trinajstić information content (AvgIpc) is 2.75. The molecular weight excluding hydrogens is 180 g/mol. The zero-order valence-corrected chi connectivity index (χ0v) is 10.6. The molecule has 0 nitrogen and oxygen atoms in total. The maximum absolute atomic E-state index is 2.58. The molecule has 0 aromatic rings. The lowest BCUT2D eigenvalue weighted by Gasteiger charge is -2.29. The van der Waals surface area contributed by atoms with Crippen LogP contribution < -0.4 is 0 Å². The summed E-state index contributed by atoms with van der Waals surface area (Å²) in [6.45, 7) is 9.75. The van der Waals surface area contributed by atoms with E-state index in [-0.39, 0.29) is 0 Å². The molecule has 3 rings (SSSR count). The van der Waals surface area contributed by atoms with Gasteiger partial charge in [0.15, 0.2) is 0 Å². The predicted octanol–water partition coefficient (Wildman–Crippen LogP) is 4.27. The summed E-state index contributed by atoms with van der Waals surface area (Å²) >= 11 is 0. The molecule has 0 aromatic heterocycles. The molecule has 0 bridgehead atoms. The van der Waals surface area contributed by atoms with Gasteiger partial charge in [0.05, 0.1) is 0 Å². The molecule has 3 aliphatic rings. The van der Waals surface area contributed by atoms with Crippen LogP contribution >= 0.6 is 0 Å². The summed E-state index contributed by atoms with van der Waals surface area (Å²) in [5.74, 6) is 4.79. The van der Waals surface area contributed by atoms with Crippen molar-refractivity contribution in [3.05, 3.63) is 11.6 Å². The lowest BCUT2D eigenvalue weighted by Crippen LogP contribution is -2.20. The first-order chi connectivity index (χ1) is 7.09. The Morgan fingerprint density at radius 3 is 2.73 bits per heavy atom. The molecule has 2 saturated carbocycles. The summed E-state index contributed by atoms with van der Waals surface area (Å²) in [7, 11) is 0. The van der Waals surface area contributed by atoms with Crippen LogP contribution in [0, 0.1) is 35.0 Å². The molecule has 0 heterocycles. The standard InChI is InChI=1S/C15H24/c1-9(2)12-6-5-11(4)15-8-7-10(3)13(15)14(12)15/h6,9-11,13-14H,5,7-8H2,1-4H3/t10-,11-,13-,14+,15?/m1/s1. The molecule has 0 aliphatic heterocycles. The van der Waals surface area contributed by atoms with Crippen LogP contribution in [0.3, 0.4) is 0 Å². The van der Waals surface area contributed by atoms with Crippen molar-refractivity contribution in [3.63, 3.8) is 0 Å². The van der Waals surface area contributed by atoms with Gasteiger partial charge in [0.2, 0.25) is 0 Å². The van der Waals surface area contributed by atoms with Gasteiger partial charge in [-0.15, -0.1) is 0 Å². The van der Waals surface area contributed by atoms with Crippen LogP contribution in [-0.2, 0) is 0 Å². The number of allylic oxidation sites excluding steroid dienone is 2. The number of hydrogen-bond acceptors (Lipinski definition) is 0. The summed E-state index contributed by atoms with van der Waals surface area (Å²) in [4.78, 5) is 0. The van der Waals surface area contributed by atoms with Crippen LogP contribution in [0.2, 0.25) is 0 Å². The minimum atomic E-state index is 0.772. The molecule has 84 valence electrons. The van der Waals surface area contributed by atoms with Crippen molar-refractivity contribution in [2.24, 2.45) is 35.0 Å². The van der Waals surface area contributed by atoms with Crippen LogP contribution in [0.15, 0.2) is 11.6 Å². The van der Waals surface area contributed by atoms with Crippen molar-refractivity contribution in [2.45, 2.75) is 47.0 Å². The SMILES string of the molecule is CC(C)C1=CC[C@@H](C)C23CC[C@@H](C)[C@@H]2[C@H]13. The van der Waals surface area contributed by atoms with Crippen molar-refractivity contribution in [1.82, 2.24) is 0 Å². The van der Waals surface area contributed by atoms with E-state index in [9.17, 15) is 0 Å². The normalized spacial score (nSPS) is 52.5. The molecular formula is C15H24. The third-order valence-corrected chi connectivity index (χ3v) is 5.75. The van der Waals surface area contributed by atoms with Gasteiger partial charge >= 0.3 is 0 Å². The summed E-state index contributed by atoms with van der Waals surface area (Å²) in [6.07, 6.45) is 6.95. The Hall–Kier alpha value is -0.260. The second-order valence-electron chi connectivity index (χ2n) is 6.63. The van der Waals surface area contributed by atoms with Crippen molar-refractivity contribution in [1.29, 1.82) is 0 Å². The molecule has 3 aliphatic carbocycles. The van der Waals surface area contributed by atoms with Crippen LogP contribution in [-0.4, -0.2) is 0 Å². The zero-order chi connectivity index (χ0) is 10.8. The lowest BCUT2D eigenvalue weighted by atomic mass is 9.75. The Bertz CT molecular complexity index is 312. The molecule has 2 fully saturated rings. The van der Waals surface area contributed by atoms with E-state index in [1.165, 1.54) is 19.3 Å². The fourth-order valence-corrected chi connectivity index (χ4v) is 4.98. The van der Waals surface area contributed by atoms with Crippen molar-refractivity contribution < 1.29 is 0 Å². The minimum absolute atomic E-state index is 0.772. The molecule has 0 heteroatoms.